The lowest BCUT2D eigenvalue weighted by atomic mass is 9.70. The Kier molecular flexibility index (Phi) is 5.78. The summed E-state index contributed by atoms with van der Waals surface area (Å²) in [7, 11) is 0. The SMILES string of the molecule is Cc1c(C(=O)OC2CC3CCC2(C)C3(C)C)nn(-c2ccc(Cl)cc2Cl)c1-c1ccc(Cl)cc1. The minimum Gasteiger partial charge on any atom is -0.457 e. The van der Waals surface area contributed by atoms with Crippen molar-refractivity contribution in [2.24, 2.45) is 16.7 Å². The van der Waals surface area contributed by atoms with Crippen molar-refractivity contribution < 1.29 is 9.53 Å². The molecule has 2 aliphatic rings. The van der Waals surface area contributed by atoms with Gasteiger partial charge < -0.3 is 4.74 Å². The second-order valence-electron chi connectivity index (χ2n) is 10.3. The molecular formula is C27H27Cl3N2O2. The zero-order chi connectivity index (χ0) is 24.4. The van der Waals surface area contributed by atoms with Crippen LogP contribution in [0.3, 0.4) is 0 Å². The van der Waals surface area contributed by atoms with Crippen molar-refractivity contribution >= 4 is 40.8 Å². The third-order valence-electron chi connectivity index (χ3n) is 8.53. The highest BCUT2D eigenvalue weighted by Crippen LogP contribution is 2.66. The summed E-state index contributed by atoms with van der Waals surface area (Å²) in [6, 6.07) is 12.6. The van der Waals surface area contributed by atoms with Crippen LogP contribution in [0.1, 0.15) is 56.1 Å². The van der Waals surface area contributed by atoms with Crippen molar-refractivity contribution in [3.05, 3.63) is 68.8 Å². The normalized spacial score (nSPS) is 25.0. The van der Waals surface area contributed by atoms with E-state index in [4.69, 9.17) is 44.6 Å². The molecule has 3 unspecified atom stereocenters. The average molecular weight is 518 g/mol. The van der Waals surface area contributed by atoms with E-state index in [9.17, 15) is 4.79 Å². The van der Waals surface area contributed by atoms with E-state index in [1.165, 1.54) is 6.42 Å². The first-order valence-electron chi connectivity index (χ1n) is 11.5. The van der Waals surface area contributed by atoms with Crippen LogP contribution in [0.15, 0.2) is 42.5 Å². The molecule has 2 bridgehead atoms. The average Bonchev–Trinajstić information content (AvgIpc) is 3.29. The molecule has 2 aliphatic carbocycles. The van der Waals surface area contributed by atoms with Crippen molar-refractivity contribution in [1.29, 1.82) is 0 Å². The maximum Gasteiger partial charge on any atom is 0.359 e. The van der Waals surface area contributed by atoms with E-state index in [0.29, 0.717) is 32.4 Å². The standard InChI is InChI=1S/C27H27Cl3N2O2/c1-15-23(25(33)34-22-13-17-11-12-27(22,4)26(17,2)3)31-32(21-10-9-19(29)14-20(21)30)24(15)16-5-7-18(28)8-6-16/h5-10,14,17,22H,11-13H2,1-4H3. The summed E-state index contributed by atoms with van der Waals surface area (Å²) in [5, 5.41) is 6.31. The maximum atomic E-state index is 13.5. The van der Waals surface area contributed by atoms with Gasteiger partial charge >= 0.3 is 5.97 Å². The third kappa shape index (κ3) is 3.57. The molecule has 34 heavy (non-hydrogen) atoms. The Hall–Kier alpha value is -2.01. The number of carbonyl (C=O) groups is 1. The topological polar surface area (TPSA) is 44.1 Å². The van der Waals surface area contributed by atoms with E-state index in [1.807, 2.05) is 31.2 Å². The first-order chi connectivity index (χ1) is 16.0. The summed E-state index contributed by atoms with van der Waals surface area (Å²) >= 11 is 18.8. The molecule has 3 aromatic rings. The number of esters is 1. The van der Waals surface area contributed by atoms with Crippen LogP contribution in [0, 0.1) is 23.7 Å². The molecule has 178 valence electrons. The van der Waals surface area contributed by atoms with Gasteiger partial charge in [0, 0.05) is 26.6 Å². The fraction of sp³-hybridized carbons (Fsp3) is 0.407. The molecule has 0 amide bonds. The Bertz CT molecular complexity index is 1280. The molecule has 5 rings (SSSR count). The predicted molar refractivity (Wildman–Crippen MR) is 137 cm³/mol. The van der Waals surface area contributed by atoms with Gasteiger partial charge in [0.15, 0.2) is 5.69 Å². The zero-order valence-electron chi connectivity index (χ0n) is 19.7. The van der Waals surface area contributed by atoms with Crippen LogP contribution in [-0.4, -0.2) is 21.9 Å². The minimum absolute atomic E-state index is 0.0255. The Morgan fingerprint density at radius 3 is 2.32 bits per heavy atom. The minimum atomic E-state index is -0.397. The maximum absolute atomic E-state index is 13.5. The van der Waals surface area contributed by atoms with Gasteiger partial charge in [0.05, 0.1) is 16.4 Å². The van der Waals surface area contributed by atoms with Gasteiger partial charge in [-0.1, -0.05) is 67.7 Å². The fourth-order valence-corrected chi connectivity index (χ4v) is 6.57. The number of aromatic nitrogens is 2. The summed E-state index contributed by atoms with van der Waals surface area (Å²) in [6.07, 6.45) is 3.06. The second-order valence-corrected chi connectivity index (χ2v) is 11.6. The van der Waals surface area contributed by atoms with Gasteiger partial charge in [-0.2, -0.15) is 5.10 Å². The zero-order valence-corrected chi connectivity index (χ0v) is 21.9. The van der Waals surface area contributed by atoms with Crippen LogP contribution in [0.4, 0.5) is 0 Å². The summed E-state index contributed by atoms with van der Waals surface area (Å²) in [5.74, 6) is 0.178. The molecule has 3 atom stereocenters. The van der Waals surface area contributed by atoms with Crippen molar-refractivity contribution in [1.82, 2.24) is 9.78 Å². The highest BCUT2D eigenvalue weighted by Gasteiger charge is 2.63. The monoisotopic (exact) mass is 516 g/mol. The van der Waals surface area contributed by atoms with Crippen molar-refractivity contribution in [2.75, 3.05) is 0 Å². The number of ether oxygens (including phenoxy) is 1. The van der Waals surface area contributed by atoms with Crippen LogP contribution < -0.4 is 0 Å². The van der Waals surface area contributed by atoms with Crippen LogP contribution in [0.5, 0.6) is 0 Å². The third-order valence-corrected chi connectivity index (χ3v) is 9.32. The van der Waals surface area contributed by atoms with Crippen LogP contribution in [-0.2, 0) is 4.74 Å². The van der Waals surface area contributed by atoms with Gasteiger partial charge in [-0.05, 0) is 67.9 Å². The number of carbonyl (C=O) groups excluding carboxylic acids is 1. The Morgan fingerprint density at radius 1 is 1.06 bits per heavy atom. The molecule has 1 heterocycles. The number of fused-ring (bicyclic) bond motifs is 2. The molecule has 0 saturated heterocycles. The van der Waals surface area contributed by atoms with Crippen molar-refractivity contribution in [3.63, 3.8) is 0 Å². The van der Waals surface area contributed by atoms with E-state index in [0.717, 1.165) is 29.7 Å². The number of hydrogen-bond donors (Lipinski definition) is 0. The molecule has 0 aliphatic heterocycles. The summed E-state index contributed by atoms with van der Waals surface area (Å²) in [4.78, 5) is 13.5. The fourth-order valence-electron chi connectivity index (χ4n) is 5.96. The van der Waals surface area contributed by atoms with Gasteiger partial charge in [0.1, 0.15) is 6.10 Å². The lowest BCUT2D eigenvalue weighted by molar-refractivity contribution is -0.0248. The number of hydrogen-bond acceptors (Lipinski definition) is 3. The highest BCUT2D eigenvalue weighted by atomic mass is 35.5. The molecule has 7 heteroatoms. The van der Waals surface area contributed by atoms with Gasteiger partial charge in [-0.25, -0.2) is 9.48 Å². The first-order valence-corrected chi connectivity index (χ1v) is 12.7. The smallest absolute Gasteiger partial charge is 0.359 e. The molecular weight excluding hydrogens is 491 g/mol. The van der Waals surface area contributed by atoms with Gasteiger partial charge in [0.2, 0.25) is 0 Å². The van der Waals surface area contributed by atoms with Gasteiger partial charge in [-0.3, -0.25) is 0 Å². The second kappa shape index (κ2) is 8.29. The van der Waals surface area contributed by atoms with Crippen LogP contribution >= 0.6 is 34.8 Å². The van der Waals surface area contributed by atoms with E-state index in [-0.39, 0.29) is 16.9 Å². The number of benzene rings is 2. The van der Waals surface area contributed by atoms with Crippen LogP contribution in [0.2, 0.25) is 15.1 Å². The predicted octanol–water partition coefficient (Wildman–Crippen LogP) is 8.18. The van der Waals surface area contributed by atoms with Crippen molar-refractivity contribution in [2.45, 2.75) is 53.1 Å². The molecule has 2 saturated carbocycles. The number of rotatable bonds is 4. The van der Waals surface area contributed by atoms with Crippen molar-refractivity contribution in [3.8, 4) is 16.9 Å². The molecule has 2 aromatic carbocycles. The molecule has 2 fully saturated rings. The lowest BCUT2D eigenvalue weighted by Gasteiger charge is -2.38. The van der Waals surface area contributed by atoms with E-state index < -0.39 is 5.97 Å². The molecule has 4 nitrogen and oxygen atoms in total. The Balaban J connectivity index is 1.57. The Morgan fingerprint density at radius 2 is 1.74 bits per heavy atom. The lowest BCUT2D eigenvalue weighted by Crippen LogP contribution is -2.38. The summed E-state index contributed by atoms with van der Waals surface area (Å²) in [5.41, 5.74) is 3.40. The summed E-state index contributed by atoms with van der Waals surface area (Å²) < 4.78 is 7.86. The molecule has 0 N–H and O–H groups in total. The van der Waals surface area contributed by atoms with Gasteiger partial charge in [-0.15, -0.1) is 0 Å². The first kappa shape index (κ1) is 23.7. The Labute approximate surface area is 215 Å². The van der Waals surface area contributed by atoms with Crippen LogP contribution in [0.25, 0.3) is 16.9 Å². The highest BCUT2D eigenvalue weighted by molar-refractivity contribution is 6.35. The van der Waals surface area contributed by atoms with Gasteiger partial charge in [0.25, 0.3) is 0 Å². The molecule has 0 spiro atoms. The van der Waals surface area contributed by atoms with E-state index in [2.05, 4.69) is 20.8 Å². The summed E-state index contributed by atoms with van der Waals surface area (Å²) in [6.45, 7) is 8.76. The number of nitrogens with zero attached hydrogens (tertiary/aromatic N) is 2. The number of halogens is 3. The van der Waals surface area contributed by atoms with E-state index in [1.54, 1.807) is 22.9 Å². The van der Waals surface area contributed by atoms with E-state index >= 15 is 0 Å². The molecule has 1 aromatic heterocycles. The largest absolute Gasteiger partial charge is 0.457 e. The quantitative estimate of drug-likeness (QED) is 0.328. The molecule has 0 radical (unpaired) electrons.